The van der Waals surface area contributed by atoms with Crippen LogP contribution in [-0.2, 0) is 15.9 Å². The Morgan fingerprint density at radius 2 is 2.11 bits per heavy atom. The van der Waals surface area contributed by atoms with Crippen molar-refractivity contribution in [2.75, 3.05) is 13.2 Å². The number of hydrogen-bond acceptors (Lipinski definition) is 4. The lowest BCUT2D eigenvalue weighted by Gasteiger charge is -2.24. The van der Waals surface area contributed by atoms with Gasteiger partial charge in [0.25, 0.3) is 5.56 Å². The van der Waals surface area contributed by atoms with Gasteiger partial charge >= 0.3 is 0 Å². The van der Waals surface area contributed by atoms with Crippen molar-refractivity contribution >= 4 is 5.65 Å². The number of hydrogen-bond donors (Lipinski definition) is 0. The zero-order chi connectivity index (χ0) is 13.5. The molecular weight excluding hydrogens is 244 g/mol. The molecule has 0 bridgehead atoms. The second-order valence-electron chi connectivity index (χ2n) is 4.92. The van der Waals surface area contributed by atoms with Gasteiger partial charge in [-0.05, 0) is 26.0 Å². The largest absolute Gasteiger partial charge is 0.347 e. The Labute approximate surface area is 110 Å². The SMILES string of the molecule is Cc1c(CC2(C)OCCO2)n2ccccc2nc1=O. The molecule has 1 aliphatic heterocycles. The summed E-state index contributed by atoms with van der Waals surface area (Å²) in [5.41, 5.74) is 1.99. The van der Waals surface area contributed by atoms with E-state index in [2.05, 4.69) is 4.98 Å². The molecule has 0 aromatic carbocycles. The average molecular weight is 260 g/mol. The summed E-state index contributed by atoms with van der Waals surface area (Å²) in [5, 5.41) is 0. The fourth-order valence-electron chi connectivity index (χ4n) is 2.43. The van der Waals surface area contributed by atoms with Crippen molar-refractivity contribution in [2.45, 2.75) is 26.1 Å². The molecule has 1 fully saturated rings. The molecule has 0 aliphatic carbocycles. The van der Waals surface area contributed by atoms with E-state index in [9.17, 15) is 4.79 Å². The van der Waals surface area contributed by atoms with Crippen LogP contribution in [0.15, 0.2) is 29.2 Å². The number of ether oxygens (including phenoxy) is 2. The minimum Gasteiger partial charge on any atom is -0.347 e. The maximum atomic E-state index is 11.9. The summed E-state index contributed by atoms with van der Waals surface area (Å²) < 4.78 is 13.2. The number of pyridine rings is 1. The van der Waals surface area contributed by atoms with Gasteiger partial charge in [-0.15, -0.1) is 0 Å². The molecule has 0 amide bonds. The topological polar surface area (TPSA) is 52.8 Å². The molecular formula is C14H16N2O3. The normalized spacial score (nSPS) is 18.0. The molecule has 0 saturated carbocycles. The van der Waals surface area contributed by atoms with Crippen LogP contribution in [0.2, 0.25) is 0 Å². The van der Waals surface area contributed by atoms with Crippen LogP contribution in [-0.4, -0.2) is 28.4 Å². The van der Waals surface area contributed by atoms with E-state index in [0.29, 0.717) is 30.8 Å². The quantitative estimate of drug-likeness (QED) is 0.817. The summed E-state index contributed by atoms with van der Waals surface area (Å²) in [4.78, 5) is 16.0. The molecule has 0 radical (unpaired) electrons. The number of fused-ring (bicyclic) bond motifs is 1. The first kappa shape index (κ1) is 12.3. The smallest absolute Gasteiger partial charge is 0.276 e. The first-order chi connectivity index (χ1) is 9.09. The first-order valence-corrected chi connectivity index (χ1v) is 6.34. The Hall–Kier alpha value is -1.72. The molecule has 1 aliphatic rings. The molecule has 19 heavy (non-hydrogen) atoms. The van der Waals surface area contributed by atoms with Crippen molar-refractivity contribution in [2.24, 2.45) is 0 Å². The van der Waals surface area contributed by atoms with Crippen LogP contribution < -0.4 is 5.56 Å². The van der Waals surface area contributed by atoms with Crippen LogP contribution in [0.3, 0.4) is 0 Å². The number of nitrogens with zero attached hydrogens (tertiary/aromatic N) is 2. The van der Waals surface area contributed by atoms with E-state index in [0.717, 1.165) is 5.69 Å². The highest BCUT2D eigenvalue weighted by atomic mass is 16.7. The van der Waals surface area contributed by atoms with Crippen molar-refractivity contribution in [1.82, 2.24) is 9.38 Å². The van der Waals surface area contributed by atoms with Crippen molar-refractivity contribution in [1.29, 1.82) is 0 Å². The molecule has 2 aromatic heterocycles. The lowest BCUT2D eigenvalue weighted by atomic mass is 10.1. The third-order valence-corrected chi connectivity index (χ3v) is 3.49. The van der Waals surface area contributed by atoms with E-state index in [4.69, 9.17) is 9.47 Å². The van der Waals surface area contributed by atoms with Crippen LogP contribution in [0, 0.1) is 6.92 Å². The van der Waals surface area contributed by atoms with Crippen LogP contribution in [0.25, 0.3) is 5.65 Å². The van der Waals surface area contributed by atoms with Gasteiger partial charge in [0.05, 0.1) is 13.2 Å². The standard InChI is InChI=1S/C14H16N2O3/c1-10-11(9-14(2)18-7-8-19-14)16-6-4-3-5-12(16)15-13(10)17/h3-6H,7-9H2,1-2H3. The van der Waals surface area contributed by atoms with Gasteiger partial charge < -0.3 is 13.9 Å². The highest BCUT2D eigenvalue weighted by Gasteiger charge is 2.32. The van der Waals surface area contributed by atoms with Gasteiger partial charge in [0.15, 0.2) is 5.79 Å². The van der Waals surface area contributed by atoms with Crippen LogP contribution in [0.5, 0.6) is 0 Å². The Balaban J connectivity index is 2.16. The minimum absolute atomic E-state index is 0.192. The van der Waals surface area contributed by atoms with Crippen LogP contribution in [0.4, 0.5) is 0 Å². The molecule has 1 saturated heterocycles. The molecule has 5 nitrogen and oxygen atoms in total. The summed E-state index contributed by atoms with van der Waals surface area (Å²) in [6.07, 6.45) is 2.43. The van der Waals surface area contributed by atoms with E-state index in [1.807, 2.05) is 35.7 Å². The zero-order valence-electron chi connectivity index (χ0n) is 11.0. The molecule has 0 atom stereocenters. The van der Waals surface area contributed by atoms with Crippen molar-refractivity contribution < 1.29 is 9.47 Å². The van der Waals surface area contributed by atoms with Crippen molar-refractivity contribution in [3.63, 3.8) is 0 Å². The Kier molecular flexibility index (Phi) is 2.88. The molecule has 2 aromatic rings. The van der Waals surface area contributed by atoms with Gasteiger partial charge in [0.1, 0.15) is 5.65 Å². The third kappa shape index (κ3) is 2.15. The first-order valence-electron chi connectivity index (χ1n) is 6.34. The molecule has 0 unspecified atom stereocenters. The predicted molar refractivity (Wildman–Crippen MR) is 70.2 cm³/mol. The molecule has 0 N–H and O–H groups in total. The van der Waals surface area contributed by atoms with Crippen molar-refractivity contribution in [3.05, 3.63) is 46.0 Å². The summed E-state index contributed by atoms with van der Waals surface area (Å²) in [7, 11) is 0. The molecule has 100 valence electrons. The molecule has 0 spiro atoms. The maximum Gasteiger partial charge on any atom is 0.276 e. The second kappa shape index (κ2) is 4.43. The monoisotopic (exact) mass is 260 g/mol. The highest BCUT2D eigenvalue weighted by molar-refractivity contribution is 5.41. The van der Waals surface area contributed by atoms with E-state index < -0.39 is 5.79 Å². The van der Waals surface area contributed by atoms with Gasteiger partial charge in [-0.3, -0.25) is 4.79 Å². The molecule has 3 rings (SSSR count). The lowest BCUT2D eigenvalue weighted by Crippen LogP contribution is -2.31. The van der Waals surface area contributed by atoms with Gasteiger partial charge in [-0.25, -0.2) is 0 Å². The third-order valence-electron chi connectivity index (χ3n) is 3.49. The number of rotatable bonds is 2. The van der Waals surface area contributed by atoms with E-state index in [1.165, 1.54) is 0 Å². The van der Waals surface area contributed by atoms with Gasteiger partial charge in [-0.2, -0.15) is 4.98 Å². The zero-order valence-corrected chi connectivity index (χ0v) is 11.0. The number of aromatic nitrogens is 2. The highest BCUT2D eigenvalue weighted by Crippen LogP contribution is 2.24. The molecule has 3 heterocycles. The van der Waals surface area contributed by atoms with Gasteiger partial charge in [0.2, 0.25) is 0 Å². The average Bonchev–Trinajstić information content (AvgIpc) is 2.82. The van der Waals surface area contributed by atoms with Crippen molar-refractivity contribution in [3.8, 4) is 0 Å². The predicted octanol–water partition coefficient (Wildman–Crippen LogP) is 1.31. The van der Waals surface area contributed by atoms with E-state index >= 15 is 0 Å². The Morgan fingerprint density at radius 3 is 2.84 bits per heavy atom. The Morgan fingerprint density at radius 1 is 1.37 bits per heavy atom. The fraction of sp³-hybridized carbons (Fsp3) is 0.429. The van der Waals surface area contributed by atoms with E-state index in [-0.39, 0.29) is 5.56 Å². The minimum atomic E-state index is -0.658. The fourth-order valence-corrected chi connectivity index (χ4v) is 2.43. The van der Waals surface area contributed by atoms with Gasteiger partial charge in [0, 0.05) is 23.9 Å². The second-order valence-corrected chi connectivity index (χ2v) is 4.92. The summed E-state index contributed by atoms with van der Waals surface area (Å²) in [6, 6.07) is 5.61. The van der Waals surface area contributed by atoms with Crippen LogP contribution in [0.1, 0.15) is 18.2 Å². The summed E-state index contributed by atoms with van der Waals surface area (Å²) >= 11 is 0. The maximum absolute atomic E-state index is 11.9. The van der Waals surface area contributed by atoms with Crippen LogP contribution >= 0.6 is 0 Å². The summed E-state index contributed by atoms with van der Waals surface area (Å²) in [6.45, 7) is 4.88. The van der Waals surface area contributed by atoms with E-state index in [1.54, 1.807) is 6.92 Å². The molecule has 5 heteroatoms. The lowest BCUT2D eigenvalue weighted by molar-refractivity contribution is -0.141. The van der Waals surface area contributed by atoms with Gasteiger partial charge in [-0.1, -0.05) is 6.07 Å². The summed E-state index contributed by atoms with van der Waals surface area (Å²) in [5.74, 6) is -0.658. The Bertz CT molecular complexity index is 672.